The highest BCUT2D eigenvalue weighted by atomic mass is 19.4. The fraction of sp³-hybridized carbons (Fsp3) is 0.200. The molecule has 0 aromatic heterocycles. The van der Waals surface area contributed by atoms with Crippen LogP contribution in [0.5, 0.6) is 0 Å². The van der Waals surface area contributed by atoms with Crippen LogP contribution in [0.2, 0.25) is 0 Å². The minimum absolute atomic E-state index is 0.0505. The molecule has 1 aromatic rings. The highest BCUT2D eigenvalue weighted by Gasteiger charge is 2.36. The van der Waals surface area contributed by atoms with Crippen molar-refractivity contribution in [1.29, 1.82) is 0 Å². The quantitative estimate of drug-likeness (QED) is 0.757. The van der Waals surface area contributed by atoms with Crippen LogP contribution < -0.4 is 5.32 Å². The molecule has 2 nitrogen and oxygen atoms in total. The average Bonchev–Trinajstić information content (AvgIpc) is 2.37. The maximum atomic E-state index is 13.2. The van der Waals surface area contributed by atoms with Crippen molar-refractivity contribution < 1.29 is 18.3 Å². The van der Waals surface area contributed by atoms with E-state index >= 15 is 0 Å². The van der Waals surface area contributed by atoms with Crippen molar-refractivity contribution in [1.82, 2.24) is 0 Å². The maximum Gasteiger partial charge on any atom is 0.417 e. The molecule has 2 N–H and O–H groups in total. The first-order chi connectivity index (χ1) is 9.36. The summed E-state index contributed by atoms with van der Waals surface area (Å²) in [5.74, 6) is -0.264. The Balaban J connectivity index is 2.71. The Morgan fingerprint density at radius 3 is 2.65 bits per heavy atom. The first-order valence-corrected chi connectivity index (χ1v) is 6.12. The molecule has 5 heteroatoms. The van der Waals surface area contributed by atoms with Crippen LogP contribution in [0, 0.1) is 0 Å². The second-order valence-corrected chi connectivity index (χ2v) is 4.40. The molecular weight excluding hydrogens is 267 g/mol. The fourth-order valence-corrected chi connectivity index (χ4v) is 2.22. The van der Waals surface area contributed by atoms with Crippen LogP contribution in [0.15, 0.2) is 48.4 Å². The van der Waals surface area contributed by atoms with Gasteiger partial charge in [0, 0.05) is 23.0 Å². The van der Waals surface area contributed by atoms with Crippen molar-refractivity contribution in [2.24, 2.45) is 0 Å². The van der Waals surface area contributed by atoms with Gasteiger partial charge in [-0.05, 0) is 24.1 Å². The number of hydrogen-bond acceptors (Lipinski definition) is 2. The third-order valence-corrected chi connectivity index (χ3v) is 3.02. The molecule has 0 fully saturated rings. The van der Waals surface area contributed by atoms with Gasteiger partial charge in [0.05, 0.1) is 5.56 Å². The second-order valence-electron chi connectivity index (χ2n) is 4.40. The van der Waals surface area contributed by atoms with Gasteiger partial charge in [0.25, 0.3) is 0 Å². The predicted octanol–water partition coefficient (Wildman–Crippen LogP) is 4.88. The molecule has 0 bridgehead atoms. The molecule has 0 saturated heterocycles. The number of aliphatic hydroxyl groups excluding tert-OH is 1. The van der Waals surface area contributed by atoms with E-state index in [1.807, 2.05) is 6.92 Å². The number of fused-ring (bicyclic) bond motifs is 1. The number of aliphatic hydroxyl groups is 1. The SMILES string of the molecule is C=C(O)C1=CNc2cccc(C(F)(F)F)c2C1=CCC. The summed E-state index contributed by atoms with van der Waals surface area (Å²) >= 11 is 0. The second kappa shape index (κ2) is 5.07. The van der Waals surface area contributed by atoms with Gasteiger partial charge in [-0.2, -0.15) is 13.2 Å². The van der Waals surface area contributed by atoms with Gasteiger partial charge in [-0.15, -0.1) is 0 Å². The highest BCUT2D eigenvalue weighted by Crippen LogP contribution is 2.44. The predicted molar refractivity (Wildman–Crippen MR) is 73.2 cm³/mol. The van der Waals surface area contributed by atoms with E-state index in [0.29, 0.717) is 17.7 Å². The highest BCUT2D eigenvalue weighted by molar-refractivity contribution is 5.93. The monoisotopic (exact) mass is 281 g/mol. The number of alkyl halides is 3. The standard InChI is InChI=1S/C15H14F3NO/c1-3-5-10-11(9(2)20)8-19-13-7-4-6-12(14(10)13)15(16,17)18/h4-8,19-20H,2-3H2,1H3. The molecule has 0 unspecified atom stereocenters. The Morgan fingerprint density at radius 1 is 1.40 bits per heavy atom. The Morgan fingerprint density at radius 2 is 2.10 bits per heavy atom. The molecule has 1 aromatic carbocycles. The molecule has 0 spiro atoms. The van der Waals surface area contributed by atoms with Gasteiger partial charge in [0.15, 0.2) is 0 Å². The van der Waals surface area contributed by atoms with Gasteiger partial charge in [-0.1, -0.05) is 25.6 Å². The van der Waals surface area contributed by atoms with Gasteiger partial charge in [0.1, 0.15) is 5.76 Å². The zero-order valence-corrected chi connectivity index (χ0v) is 10.9. The third kappa shape index (κ3) is 2.43. The summed E-state index contributed by atoms with van der Waals surface area (Å²) in [6.45, 7) is 5.22. The number of nitrogens with one attached hydrogen (secondary N) is 1. The number of allylic oxidation sites excluding steroid dienone is 2. The molecule has 0 atom stereocenters. The van der Waals surface area contributed by atoms with E-state index in [2.05, 4.69) is 11.9 Å². The van der Waals surface area contributed by atoms with E-state index < -0.39 is 11.7 Å². The van der Waals surface area contributed by atoms with Crippen molar-refractivity contribution in [3.63, 3.8) is 0 Å². The molecule has 0 radical (unpaired) electrons. The molecule has 1 aliphatic heterocycles. The Bertz CT molecular complexity index is 612. The van der Waals surface area contributed by atoms with Crippen LogP contribution in [0.4, 0.5) is 18.9 Å². The zero-order valence-electron chi connectivity index (χ0n) is 10.9. The van der Waals surface area contributed by atoms with Crippen LogP contribution in [-0.4, -0.2) is 5.11 Å². The lowest BCUT2D eigenvalue weighted by Crippen LogP contribution is -2.15. The number of benzene rings is 1. The lowest BCUT2D eigenvalue weighted by atomic mass is 9.88. The fourth-order valence-electron chi connectivity index (χ4n) is 2.22. The molecule has 106 valence electrons. The zero-order chi connectivity index (χ0) is 14.9. The van der Waals surface area contributed by atoms with Crippen LogP contribution in [0.25, 0.3) is 5.57 Å². The van der Waals surface area contributed by atoms with Crippen molar-refractivity contribution in [2.75, 3.05) is 5.32 Å². The minimum atomic E-state index is -4.46. The first-order valence-electron chi connectivity index (χ1n) is 6.12. The summed E-state index contributed by atoms with van der Waals surface area (Å²) < 4.78 is 39.5. The van der Waals surface area contributed by atoms with E-state index in [4.69, 9.17) is 0 Å². The average molecular weight is 281 g/mol. The summed E-state index contributed by atoms with van der Waals surface area (Å²) in [6, 6.07) is 3.96. The summed E-state index contributed by atoms with van der Waals surface area (Å²) in [4.78, 5) is 0. The topological polar surface area (TPSA) is 32.3 Å². The van der Waals surface area contributed by atoms with E-state index in [0.717, 1.165) is 6.07 Å². The molecule has 1 aliphatic rings. The van der Waals surface area contributed by atoms with Crippen LogP contribution in [-0.2, 0) is 6.18 Å². The third-order valence-electron chi connectivity index (χ3n) is 3.02. The summed E-state index contributed by atoms with van der Waals surface area (Å²) in [7, 11) is 0. The van der Waals surface area contributed by atoms with Crippen molar-refractivity contribution >= 4 is 11.3 Å². The summed E-state index contributed by atoms with van der Waals surface area (Å²) in [5, 5.41) is 12.3. The Labute approximate surface area is 114 Å². The van der Waals surface area contributed by atoms with Gasteiger partial charge in [0.2, 0.25) is 0 Å². The van der Waals surface area contributed by atoms with Crippen molar-refractivity contribution in [3.05, 3.63) is 59.5 Å². The normalized spacial score (nSPS) is 16.4. The minimum Gasteiger partial charge on any atom is -0.508 e. The molecule has 2 rings (SSSR count). The summed E-state index contributed by atoms with van der Waals surface area (Å²) in [5.41, 5.74) is 0.311. The number of hydrogen-bond donors (Lipinski definition) is 2. The number of halogens is 3. The Hall–Kier alpha value is -2.17. The number of anilines is 1. The lowest BCUT2D eigenvalue weighted by Gasteiger charge is -2.25. The smallest absolute Gasteiger partial charge is 0.417 e. The molecule has 1 heterocycles. The van der Waals surface area contributed by atoms with Crippen molar-refractivity contribution in [3.8, 4) is 0 Å². The molecular formula is C15H14F3NO. The Kier molecular flexibility index (Phi) is 3.61. The molecule has 0 saturated carbocycles. The van der Waals surface area contributed by atoms with Crippen molar-refractivity contribution in [2.45, 2.75) is 19.5 Å². The van der Waals surface area contributed by atoms with Gasteiger partial charge in [-0.25, -0.2) is 0 Å². The first kappa shape index (κ1) is 14.2. The molecule has 0 amide bonds. The van der Waals surface area contributed by atoms with Gasteiger partial charge >= 0.3 is 6.18 Å². The van der Waals surface area contributed by atoms with E-state index in [1.54, 1.807) is 12.1 Å². The molecule has 0 aliphatic carbocycles. The van der Waals surface area contributed by atoms with E-state index in [-0.39, 0.29) is 16.9 Å². The van der Waals surface area contributed by atoms with Gasteiger partial charge < -0.3 is 10.4 Å². The van der Waals surface area contributed by atoms with Crippen LogP contribution in [0.1, 0.15) is 24.5 Å². The maximum absolute atomic E-state index is 13.2. The summed E-state index contributed by atoms with van der Waals surface area (Å²) in [6.07, 6.45) is -0.793. The van der Waals surface area contributed by atoms with Crippen LogP contribution >= 0.6 is 0 Å². The van der Waals surface area contributed by atoms with Crippen LogP contribution in [0.3, 0.4) is 0 Å². The number of rotatable bonds is 2. The van der Waals surface area contributed by atoms with E-state index in [1.165, 1.54) is 12.3 Å². The van der Waals surface area contributed by atoms with E-state index in [9.17, 15) is 18.3 Å². The molecule has 20 heavy (non-hydrogen) atoms. The largest absolute Gasteiger partial charge is 0.508 e. The van der Waals surface area contributed by atoms with Gasteiger partial charge in [-0.3, -0.25) is 0 Å². The lowest BCUT2D eigenvalue weighted by molar-refractivity contribution is -0.137.